The molecule has 0 fully saturated rings. The van der Waals surface area contributed by atoms with Crippen LogP contribution in [0.2, 0.25) is 0 Å². The first-order valence-corrected chi connectivity index (χ1v) is 4.99. The fraction of sp³-hybridized carbons (Fsp3) is 0.0833. The van der Waals surface area contributed by atoms with Crippen molar-refractivity contribution in [1.82, 2.24) is 4.98 Å². The van der Waals surface area contributed by atoms with Gasteiger partial charge in [-0.3, -0.25) is 4.79 Å². The molecule has 0 atom stereocenters. The van der Waals surface area contributed by atoms with E-state index in [1.54, 1.807) is 6.07 Å². The molecule has 0 radical (unpaired) electrons. The molecule has 2 rings (SSSR count). The Bertz CT molecular complexity index is 605. The molecule has 0 spiro atoms. The summed E-state index contributed by atoms with van der Waals surface area (Å²) in [7, 11) is 0. The Morgan fingerprint density at radius 1 is 1.11 bits per heavy atom. The highest BCUT2D eigenvalue weighted by Gasteiger charge is 2.31. The van der Waals surface area contributed by atoms with Crippen LogP contribution in [0.3, 0.4) is 0 Å². The molecule has 0 amide bonds. The normalized spacial score (nSPS) is 11.3. The monoisotopic (exact) mass is 255 g/mol. The van der Waals surface area contributed by atoms with Crippen LogP contribution in [-0.4, -0.2) is 11.3 Å². The number of rotatable bonds is 2. The van der Waals surface area contributed by atoms with Gasteiger partial charge in [0.05, 0.1) is 0 Å². The van der Waals surface area contributed by atoms with E-state index in [1.807, 2.05) is 0 Å². The summed E-state index contributed by atoms with van der Waals surface area (Å²) in [6.45, 7) is 0. The van der Waals surface area contributed by atoms with Crippen molar-refractivity contribution < 1.29 is 17.9 Å². The summed E-state index contributed by atoms with van der Waals surface area (Å²) in [5, 5.41) is 0. The molecule has 0 saturated heterocycles. The molecule has 0 aliphatic rings. The van der Waals surface area contributed by atoms with E-state index < -0.39 is 6.36 Å². The Morgan fingerprint density at radius 3 is 2.56 bits per heavy atom. The van der Waals surface area contributed by atoms with Gasteiger partial charge >= 0.3 is 6.36 Å². The number of H-pyrrole nitrogens is 1. The molecule has 6 heteroatoms. The molecule has 0 bridgehead atoms. The average molecular weight is 255 g/mol. The van der Waals surface area contributed by atoms with Crippen molar-refractivity contribution in [3.8, 4) is 17.0 Å². The second-order valence-electron chi connectivity index (χ2n) is 3.51. The minimum Gasteiger partial charge on any atom is -0.406 e. The number of benzene rings is 1. The number of aromatic nitrogens is 1. The lowest BCUT2D eigenvalue weighted by Gasteiger charge is -2.09. The zero-order valence-corrected chi connectivity index (χ0v) is 8.99. The lowest BCUT2D eigenvalue weighted by Crippen LogP contribution is -2.17. The molecule has 0 saturated carbocycles. The largest absolute Gasteiger partial charge is 0.573 e. The van der Waals surface area contributed by atoms with Crippen LogP contribution in [0.25, 0.3) is 11.3 Å². The van der Waals surface area contributed by atoms with Gasteiger partial charge in [-0.1, -0.05) is 12.1 Å². The Labute approximate surface area is 99.8 Å². The van der Waals surface area contributed by atoms with Crippen molar-refractivity contribution in [2.45, 2.75) is 6.36 Å². The van der Waals surface area contributed by atoms with Crippen molar-refractivity contribution in [3.05, 3.63) is 52.8 Å². The smallest absolute Gasteiger partial charge is 0.406 e. The highest BCUT2D eigenvalue weighted by Crippen LogP contribution is 2.26. The van der Waals surface area contributed by atoms with Gasteiger partial charge in [0.1, 0.15) is 5.75 Å². The lowest BCUT2D eigenvalue weighted by atomic mass is 10.1. The van der Waals surface area contributed by atoms with E-state index in [0.717, 1.165) is 0 Å². The maximum absolute atomic E-state index is 12.1. The van der Waals surface area contributed by atoms with Gasteiger partial charge < -0.3 is 9.72 Å². The Kier molecular flexibility index (Phi) is 3.10. The molecular weight excluding hydrogens is 247 g/mol. The Hall–Kier alpha value is -2.24. The van der Waals surface area contributed by atoms with Gasteiger partial charge in [-0.2, -0.15) is 0 Å². The molecule has 1 N–H and O–H groups in total. The second-order valence-corrected chi connectivity index (χ2v) is 3.51. The van der Waals surface area contributed by atoms with E-state index in [-0.39, 0.29) is 11.2 Å². The van der Waals surface area contributed by atoms with E-state index in [2.05, 4.69) is 9.72 Å². The molecule has 1 aromatic carbocycles. The van der Waals surface area contributed by atoms with Crippen LogP contribution in [-0.2, 0) is 0 Å². The van der Waals surface area contributed by atoms with Crippen molar-refractivity contribution in [1.29, 1.82) is 0 Å². The Morgan fingerprint density at radius 2 is 1.89 bits per heavy atom. The summed E-state index contributed by atoms with van der Waals surface area (Å²) >= 11 is 0. The summed E-state index contributed by atoms with van der Waals surface area (Å²) in [6.07, 6.45) is -3.31. The van der Waals surface area contributed by atoms with Crippen LogP contribution >= 0.6 is 0 Å². The van der Waals surface area contributed by atoms with Gasteiger partial charge in [0, 0.05) is 29.6 Å². The molecule has 1 heterocycles. The van der Waals surface area contributed by atoms with Crippen LogP contribution in [0.15, 0.2) is 47.4 Å². The molecule has 94 valence electrons. The molecule has 2 aromatic rings. The molecule has 3 nitrogen and oxygen atoms in total. The molecule has 18 heavy (non-hydrogen) atoms. The summed E-state index contributed by atoms with van der Waals surface area (Å²) in [4.78, 5) is 13.9. The number of hydrogen-bond donors (Lipinski definition) is 1. The van der Waals surface area contributed by atoms with Crippen molar-refractivity contribution in [2.24, 2.45) is 0 Å². The molecular formula is C12H8F3NO2. The number of aromatic amines is 1. The van der Waals surface area contributed by atoms with Gasteiger partial charge in [0.25, 0.3) is 0 Å². The molecule has 0 aliphatic heterocycles. The highest BCUT2D eigenvalue weighted by molar-refractivity contribution is 5.60. The van der Waals surface area contributed by atoms with Crippen LogP contribution in [0.5, 0.6) is 5.75 Å². The lowest BCUT2D eigenvalue weighted by molar-refractivity contribution is -0.274. The standard InChI is InChI=1S/C12H8F3NO2/c13-12(14,15)18-10-3-1-2-8(6-10)11-7-9(17)4-5-16-11/h1-7H,(H,16,17). The fourth-order valence-electron chi connectivity index (χ4n) is 1.47. The first-order valence-electron chi connectivity index (χ1n) is 4.99. The minimum atomic E-state index is -4.73. The third-order valence-electron chi connectivity index (χ3n) is 2.15. The van der Waals surface area contributed by atoms with Crippen molar-refractivity contribution in [2.75, 3.05) is 0 Å². The predicted molar refractivity (Wildman–Crippen MR) is 59.2 cm³/mol. The fourth-order valence-corrected chi connectivity index (χ4v) is 1.47. The summed E-state index contributed by atoms with van der Waals surface area (Å²) in [6, 6.07) is 8.01. The zero-order valence-electron chi connectivity index (χ0n) is 8.99. The number of nitrogens with one attached hydrogen (secondary N) is 1. The van der Waals surface area contributed by atoms with Gasteiger partial charge in [-0.25, -0.2) is 0 Å². The topological polar surface area (TPSA) is 42.1 Å². The van der Waals surface area contributed by atoms with E-state index >= 15 is 0 Å². The first kappa shape index (κ1) is 12.2. The van der Waals surface area contributed by atoms with E-state index in [0.29, 0.717) is 11.3 Å². The number of alkyl halides is 3. The van der Waals surface area contributed by atoms with Crippen LogP contribution in [0, 0.1) is 0 Å². The number of pyridine rings is 1. The highest BCUT2D eigenvalue weighted by atomic mass is 19.4. The van der Waals surface area contributed by atoms with E-state index in [4.69, 9.17) is 0 Å². The van der Waals surface area contributed by atoms with Crippen LogP contribution < -0.4 is 10.2 Å². The Balaban J connectivity index is 2.36. The van der Waals surface area contributed by atoms with E-state index in [9.17, 15) is 18.0 Å². The maximum Gasteiger partial charge on any atom is 0.573 e. The molecule has 0 aliphatic carbocycles. The maximum atomic E-state index is 12.1. The first-order chi connectivity index (χ1) is 8.44. The number of halogens is 3. The predicted octanol–water partition coefficient (Wildman–Crippen LogP) is 2.94. The van der Waals surface area contributed by atoms with Gasteiger partial charge in [-0.15, -0.1) is 13.2 Å². The van der Waals surface area contributed by atoms with Crippen LogP contribution in [0.4, 0.5) is 13.2 Å². The van der Waals surface area contributed by atoms with Gasteiger partial charge in [0.15, 0.2) is 5.43 Å². The third kappa shape index (κ3) is 3.13. The zero-order chi connectivity index (χ0) is 13.2. The van der Waals surface area contributed by atoms with Gasteiger partial charge in [0.2, 0.25) is 0 Å². The second kappa shape index (κ2) is 4.56. The van der Waals surface area contributed by atoms with Crippen molar-refractivity contribution in [3.63, 3.8) is 0 Å². The summed E-state index contributed by atoms with van der Waals surface area (Å²) < 4.78 is 40.0. The van der Waals surface area contributed by atoms with Gasteiger partial charge in [-0.05, 0) is 12.1 Å². The SMILES string of the molecule is O=c1cc[nH]c(-c2cccc(OC(F)(F)F)c2)c1. The van der Waals surface area contributed by atoms with E-state index in [1.165, 1.54) is 36.5 Å². The average Bonchev–Trinajstić information content (AvgIpc) is 2.27. The minimum absolute atomic E-state index is 0.231. The van der Waals surface area contributed by atoms with Crippen LogP contribution in [0.1, 0.15) is 0 Å². The quantitative estimate of drug-likeness (QED) is 0.896. The molecule has 0 unspecified atom stereocenters. The molecule has 1 aromatic heterocycles. The van der Waals surface area contributed by atoms with Crippen molar-refractivity contribution >= 4 is 0 Å². The number of hydrogen-bond acceptors (Lipinski definition) is 2. The number of ether oxygens (including phenoxy) is 1. The summed E-state index contributed by atoms with van der Waals surface area (Å²) in [5.41, 5.74) is 0.635. The summed E-state index contributed by atoms with van der Waals surface area (Å²) in [5.74, 6) is -0.329. The third-order valence-corrected chi connectivity index (χ3v) is 2.15.